The summed E-state index contributed by atoms with van der Waals surface area (Å²) in [5, 5.41) is 8.51. The van der Waals surface area contributed by atoms with Crippen molar-refractivity contribution in [1.82, 2.24) is 15.1 Å². The summed E-state index contributed by atoms with van der Waals surface area (Å²) in [7, 11) is 0. The summed E-state index contributed by atoms with van der Waals surface area (Å²) in [6.45, 7) is 6.34. The highest BCUT2D eigenvalue weighted by molar-refractivity contribution is 5.38. The van der Waals surface area contributed by atoms with Crippen LogP contribution < -0.4 is 4.90 Å². The molecule has 1 fully saturated rings. The molecule has 1 saturated heterocycles. The molecule has 120 valence electrons. The van der Waals surface area contributed by atoms with Crippen molar-refractivity contribution in [2.24, 2.45) is 0 Å². The molecule has 4 heteroatoms. The summed E-state index contributed by atoms with van der Waals surface area (Å²) < 4.78 is 0. The van der Waals surface area contributed by atoms with E-state index in [2.05, 4.69) is 50.3 Å². The van der Waals surface area contributed by atoms with E-state index >= 15 is 0 Å². The van der Waals surface area contributed by atoms with Crippen molar-refractivity contribution in [3.05, 3.63) is 53.2 Å². The van der Waals surface area contributed by atoms with Crippen molar-refractivity contribution in [2.75, 3.05) is 31.1 Å². The van der Waals surface area contributed by atoms with Gasteiger partial charge in [-0.2, -0.15) is 5.10 Å². The van der Waals surface area contributed by atoms with Crippen LogP contribution in [-0.4, -0.2) is 47.3 Å². The Hall–Kier alpha value is -1.94. The van der Waals surface area contributed by atoms with Gasteiger partial charge in [-0.3, -0.25) is 4.90 Å². The number of aromatic nitrogens is 2. The highest BCUT2D eigenvalue weighted by Gasteiger charge is 2.27. The molecule has 4 nitrogen and oxygen atoms in total. The van der Waals surface area contributed by atoms with Gasteiger partial charge in [-0.05, 0) is 49.4 Å². The first-order chi connectivity index (χ1) is 11.3. The molecule has 4 rings (SSSR count). The number of piperazine rings is 1. The van der Waals surface area contributed by atoms with Gasteiger partial charge in [0.05, 0.1) is 5.69 Å². The number of rotatable bonds is 2. The van der Waals surface area contributed by atoms with Crippen LogP contribution in [-0.2, 0) is 12.8 Å². The first kappa shape index (κ1) is 14.6. The Bertz CT molecular complexity index is 659. The zero-order chi connectivity index (χ0) is 15.6. The topological polar surface area (TPSA) is 32.3 Å². The van der Waals surface area contributed by atoms with Crippen LogP contribution in [0.5, 0.6) is 0 Å². The Morgan fingerprint density at radius 3 is 2.43 bits per heavy atom. The molecule has 0 bridgehead atoms. The number of hydrogen-bond acceptors (Lipinski definition) is 4. The number of aryl methyl sites for hydroxylation is 2. The van der Waals surface area contributed by atoms with Gasteiger partial charge in [0.15, 0.2) is 5.82 Å². The smallest absolute Gasteiger partial charge is 0.151 e. The van der Waals surface area contributed by atoms with Crippen LogP contribution >= 0.6 is 0 Å². The molecule has 0 saturated carbocycles. The van der Waals surface area contributed by atoms with Crippen molar-refractivity contribution in [3.8, 4) is 0 Å². The van der Waals surface area contributed by atoms with E-state index in [1.54, 1.807) is 11.1 Å². The summed E-state index contributed by atoms with van der Waals surface area (Å²) in [6.07, 6.45) is 3.73. The number of anilines is 1. The molecule has 1 atom stereocenters. The number of hydrogen-bond donors (Lipinski definition) is 0. The van der Waals surface area contributed by atoms with Gasteiger partial charge in [-0.15, -0.1) is 5.10 Å². The van der Waals surface area contributed by atoms with E-state index in [-0.39, 0.29) is 0 Å². The molecule has 0 spiro atoms. The lowest BCUT2D eigenvalue weighted by molar-refractivity contribution is 0.169. The molecule has 1 aromatic heterocycles. The molecular weight excluding hydrogens is 284 g/mol. The quantitative estimate of drug-likeness (QED) is 0.853. The van der Waals surface area contributed by atoms with Crippen molar-refractivity contribution in [1.29, 1.82) is 0 Å². The van der Waals surface area contributed by atoms with E-state index in [4.69, 9.17) is 0 Å². The average Bonchev–Trinajstić information content (AvgIpc) is 2.62. The summed E-state index contributed by atoms with van der Waals surface area (Å²) in [4.78, 5) is 5.04. The van der Waals surface area contributed by atoms with Crippen molar-refractivity contribution >= 4 is 5.82 Å². The van der Waals surface area contributed by atoms with Crippen molar-refractivity contribution in [2.45, 2.75) is 32.2 Å². The second kappa shape index (κ2) is 6.28. The van der Waals surface area contributed by atoms with Crippen LogP contribution in [0.4, 0.5) is 5.82 Å². The molecule has 23 heavy (non-hydrogen) atoms. The zero-order valence-electron chi connectivity index (χ0n) is 13.8. The molecule has 2 heterocycles. The number of fused-ring (bicyclic) bond motifs is 1. The van der Waals surface area contributed by atoms with E-state index in [0.29, 0.717) is 6.04 Å². The largest absolute Gasteiger partial charge is 0.353 e. The second-order valence-corrected chi connectivity index (χ2v) is 6.72. The minimum atomic E-state index is 0.705. The Morgan fingerprint density at radius 1 is 0.913 bits per heavy atom. The summed E-state index contributed by atoms with van der Waals surface area (Å²) in [5.41, 5.74) is 4.08. The van der Waals surface area contributed by atoms with Gasteiger partial charge >= 0.3 is 0 Å². The highest BCUT2D eigenvalue weighted by Crippen LogP contribution is 2.25. The maximum atomic E-state index is 4.33. The fraction of sp³-hybridized carbons (Fsp3) is 0.474. The first-order valence-electron chi connectivity index (χ1n) is 8.66. The zero-order valence-corrected chi connectivity index (χ0v) is 13.8. The molecular formula is C19H24N4. The average molecular weight is 308 g/mol. The standard InChI is InChI=1S/C19H24N4/c1-15-6-9-19(21-20-15)23-12-10-22(11-13-23)18-8-7-16-4-2-3-5-17(16)14-18/h2-6,9,18H,7-8,10-14H2,1H3/t18-/m1/s1. The van der Waals surface area contributed by atoms with Gasteiger partial charge in [0.1, 0.15) is 0 Å². The highest BCUT2D eigenvalue weighted by atomic mass is 15.3. The fourth-order valence-electron chi connectivity index (χ4n) is 3.87. The van der Waals surface area contributed by atoms with Crippen LogP contribution in [0.2, 0.25) is 0 Å². The molecule has 1 aromatic carbocycles. The predicted octanol–water partition coefficient (Wildman–Crippen LogP) is 2.46. The lowest BCUT2D eigenvalue weighted by atomic mass is 9.87. The van der Waals surface area contributed by atoms with Gasteiger partial charge in [0.2, 0.25) is 0 Å². The van der Waals surface area contributed by atoms with Gasteiger partial charge in [0, 0.05) is 32.2 Å². The van der Waals surface area contributed by atoms with E-state index in [9.17, 15) is 0 Å². The van der Waals surface area contributed by atoms with Gasteiger partial charge in [0.25, 0.3) is 0 Å². The lowest BCUT2D eigenvalue weighted by Crippen LogP contribution is -2.52. The monoisotopic (exact) mass is 308 g/mol. The summed E-state index contributed by atoms with van der Waals surface area (Å²) in [6, 6.07) is 13.8. The maximum Gasteiger partial charge on any atom is 0.151 e. The third-order valence-electron chi connectivity index (χ3n) is 5.26. The van der Waals surface area contributed by atoms with Gasteiger partial charge < -0.3 is 4.90 Å². The Balaban J connectivity index is 1.38. The van der Waals surface area contributed by atoms with Crippen molar-refractivity contribution in [3.63, 3.8) is 0 Å². The summed E-state index contributed by atoms with van der Waals surface area (Å²) >= 11 is 0. The normalized spacial score (nSPS) is 22.0. The van der Waals surface area contributed by atoms with Crippen LogP contribution in [0.25, 0.3) is 0 Å². The fourth-order valence-corrected chi connectivity index (χ4v) is 3.87. The molecule has 0 N–H and O–H groups in total. The van der Waals surface area contributed by atoms with Crippen LogP contribution in [0.1, 0.15) is 23.2 Å². The lowest BCUT2D eigenvalue weighted by Gasteiger charge is -2.41. The molecule has 1 aliphatic heterocycles. The number of nitrogens with zero attached hydrogens (tertiary/aromatic N) is 4. The van der Waals surface area contributed by atoms with Gasteiger partial charge in [-0.25, -0.2) is 0 Å². The minimum absolute atomic E-state index is 0.705. The molecule has 1 aliphatic carbocycles. The second-order valence-electron chi connectivity index (χ2n) is 6.72. The number of benzene rings is 1. The van der Waals surface area contributed by atoms with E-state index in [1.165, 1.54) is 19.3 Å². The predicted molar refractivity (Wildman–Crippen MR) is 92.8 cm³/mol. The van der Waals surface area contributed by atoms with Crippen LogP contribution in [0.15, 0.2) is 36.4 Å². The molecule has 0 unspecified atom stereocenters. The molecule has 2 aliphatic rings. The minimum Gasteiger partial charge on any atom is -0.353 e. The molecule has 0 radical (unpaired) electrons. The van der Waals surface area contributed by atoms with Gasteiger partial charge in [-0.1, -0.05) is 24.3 Å². The van der Waals surface area contributed by atoms with Crippen LogP contribution in [0, 0.1) is 6.92 Å². The van der Waals surface area contributed by atoms with E-state index in [0.717, 1.165) is 37.7 Å². The molecule has 0 amide bonds. The van der Waals surface area contributed by atoms with Crippen LogP contribution in [0.3, 0.4) is 0 Å². The van der Waals surface area contributed by atoms with E-state index in [1.807, 2.05) is 13.0 Å². The Labute approximate surface area is 138 Å². The SMILES string of the molecule is Cc1ccc(N2CCN([C@@H]3CCc4ccccc4C3)CC2)nn1. The van der Waals surface area contributed by atoms with Crippen molar-refractivity contribution < 1.29 is 0 Å². The summed E-state index contributed by atoms with van der Waals surface area (Å²) in [5.74, 6) is 1.02. The maximum absolute atomic E-state index is 4.33. The third-order valence-corrected chi connectivity index (χ3v) is 5.26. The molecule has 2 aromatic rings. The first-order valence-corrected chi connectivity index (χ1v) is 8.66. The Kier molecular flexibility index (Phi) is 4.00. The van der Waals surface area contributed by atoms with E-state index < -0.39 is 0 Å². The third kappa shape index (κ3) is 3.08. The Morgan fingerprint density at radius 2 is 1.70 bits per heavy atom.